The van der Waals surface area contributed by atoms with Gasteiger partial charge in [-0.3, -0.25) is 0 Å². The third-order valence-electron chi connectivity index (χ3n) is 2.50. The van der Waals surface area contributed by atoms with Crippen LogP contribution < -0.4 is 10.5 Å². The molecule has 0 bridgehead atoms. The zero-order valence-electron chi connectivity index (χ0n) is 9.63. The number of nitriles is 1. The van der Waals surface area contributed by atoms with Crippen molar-refractivity contribution in [3.63, 3.8) is 0 Å². The van der Waals surface area contributed by atoms with E-state index >= 15 is 0 Å². The molecule has 0 heterocycles. The lowest BCUT2D eigenvalue weighted by atomic mass is 10.2. The van der Waals surface area contributed by atoms with Crippen molar-refractivity contribution in [2.24, 2.45) is 0 Å². The van der Waals surface area contributed by atoms with E-state index in [2.05, 4.69) is 0 Å². The Bertz CT molecular complexity index is 603. The van der Waals surface area contributed by atoms with Gasteiger partial charge in [-0.25, -0.2) is 0 Å². The predicted molar refractivity (Wildman–Crippen MR) is 68.0 cm³/mol. The third-order valence-corrected chi connectivity index (χ3v) is 2.50. The van der Waals surface area contributed by atoms with Crippen molar-refractivity contribution in [3.05, 3.63) is 53.6 Å². The lowest BCUT2D eigenvalue weighted by Gasteiger charge is -2.09. The van der Waals surface area contributed by atoms with Gasteiger partial charge < -0.3 is 15.6 Å². The number of aliphatic hydroxyl groups is 1. The Hall–Kier alpha value is -2.51. The van der Waals surface area contributed by atoms with Crippen LogP contribution in [0.3, 0.4) is 0 Å². The first-order valence-corrected chi connectivity index (χ1v) is 5.41. The van der Waals surface area contributed by atoms with Gasteiger partial charge in [0.2, 0.25) is 0 Å². The Morgan fingerprint density at radius 1 is 1.22 bits per heavy atom. The van der Waals surface area contributed by atoms with E-state index in [-0.39, 0.29) is 6.61 Å². The molecular formula is C14H12N2O2. The van der Waals surface area contributed by atoms with Crippen LogP contribution in [0.5, 0.6) is 11.5 Å². The molecule has 18 heavy (non-hydrogen) atoms. The molecule has 2 aromatic rings. The van der Waals surface area contributed by atoms with E-state index in [0.717, 1.165) is 5.56 Å². The molecule has 0 aliphatic carbocycles. The smallest absolute Gasteiger partial charge is 0.151 e. The number of nitrogens with two attached hydrogens (primary N) is 1. The Morgan fingerprint density at radius 3 is 2.72 bits per heavy atom. The number of anilines is 1. The number of ether oxygens (including phenoxy) is 1. The van der Waals surface area contributed by atoms with Gasteiger partial charge in [0, 0.05) is 0 Å². The largest absolute Gasteiger partial charge is 0.455 e. The van der Waals surface area contributed by atoms with Crippen LogP contribution in [0.1, 0.15) is 11.1 Å². The number of rotatable bonds is 3. The molecule has 0 spiro atoms. The lowest BCUT2D eigenvalue weighted by Crippen LogP contribution is -1.95. The molecule has 4 heteroatoms. The Labute approximate surface area is 105 Å². The molecule has 0 unspecified atom stereocenters. The highest BCUT2D eigenvalue weighted by atomic mass is 16.5. The fourth-order valence-corrected chi connectivity index (χ4v) is 1.56. The van der Waals surface area contributed by atoms with Crippen LogP contribution in [0, 0.1) is 11.3 Å². The highest BCUT2D eigenvalue weighted by Crippen LogP contribution is 2.29. The summed E-state index contributed by atoms with van der Waals surface area (Å²) in [6.45, 7) is -0.0507. The van der Waals surface area contributed by atoms with Crippen LogP contribution in [0.2, 0.25) is 0 Å². The fraction of sp³-hybridized carbons (Fsp3) is 0.0714. The molecule has 0 fully saturated rings. The highest BCUT2D eigenvalue weighted by Gasteiger charge is 2.06. The van der Waals surface area contributed by atoms with E-state index in [9.17, 15) is 0 Å². The summed E-state index contributed by atoms with van der Waals surface area (Å²) in [4.78, 5) is 0. The third kappa shape index (κ3) is 2.42. The van der Waals surface area contributed by atoms with Crippen LogP contribution in [0.4, 0.5) is 5.69 Å². The van der Waals surface area contributed by atoms with Gasteiger partial charge in [-0.1, -0.05) is 18.2 Å². The zero-order valence-corrected chi connectivity index (χ0v) is 9.63. The zero-order chi connectivity index (χ0) is 13.0. The van der Waals surface area contributed by atoms with Gasteiger partial charge in [0.25, 0.3) is 0 Å². The minimum absolute atomic E-state index is 0.0507. The molecule has 90 valence electrons. The van der Waals surface area contributed by atoms with Crippen molar-refractivity contribution < 1.29 is 9.84 Å². The first-order valence-electron chi connectivity index (χ1n) is 5.41. The van der Waals surface area contributed by atoms with Crippen molar-refractivity contribution in [1.82, 2.24) is 0 Å². The van der Waals surface area contributed by atoms with Gasteiger partial charge in [0.15, 0.2) is 5.75 Å². The summed E-state index contributed by atoms with van der Waals surface area (Å²) >= 11 is 0. The predicted octanol–water partition coefficient (Wildman–Crippen LogP) is 2.43. The molecule has 3 N–H and O–H groups in total. The molecule has 4 nitrogen and oxygen atoms in total. The van der Waals surface area contributed by atoms with E-state index in [4.69, 9.17) is 20.8 Å². The summed E-state index contributed by atoms with van der Waals surface area (Å²) in [5.41, 5.74) is 7.26. The first-order chi connectivity index (χ1) is 8.74. The van der Waals surface area contributed by atoms with Gasteiger partial charge in [-0.2, -0.15) is 5.26 Å². The summed E-state index contributed by atoms with van der Waals surface area (Å²) < 4.78 is 5.61. The fourth-order valence-electron chi connectivity index (χ4n) is 1.56. The Kier molecular flexibility index (Phi) is 3.46. The van der Waals surface area contributed by atoms with Crippen molar-refractivity contribution in [2.45, 2.75) is 6.61 Å². The van der Waals surface area contributed by atoms with Gasteiger partial charge in [-0.15, -0.1) is 0 Å². The maximum absolute atomic E-state index is 9.04. The normalized spacial score (nSPS) is 9.78. The maximum Gasteiger partial charge on any atom is 0.151 e. The second-order valence-corrected chi connectivity index (χ2v) is 3.74. The van der Waals surface area contributed by atoms with Gasteiger partial charge >= 0.3 is 0 Å². The molecule has 0 saturated heterocycles. The van der Waals surface area contributed by atoms with Gasteiger partial charge in [0.1, 0.15) is 11.8 Å². The summed E-state index contributed by atoms with van der Waals surface area (Å²) in [6.07, 6.45) is 0. The number of para-hydroxylation sites is 1. The van der Waals surface area contributed by atoms with E-state index in [1.807, 2.05) is 6.07 Å². The summed E-state index contributed by atoms with van der Waals surface area (Å²) in [5.74, 6) is 1.01. The molecule has 0 saturated carbocycles. The molecule has 0 aliphatic heterocycles. The maximum atomic E-state index is 9.04. The number of aliphatic hydroxyl groups excluding tert-OH is 1. The SMILES string of the molecule is N#Cc1cccc(Oc2cccc(CO)c2)c1N. The highest BCUT2D eigenvalue weighted by molar-refractivity contribution is 5.63. The van der Waals surface area contributed by atoms with Crippen LogP contribution in [0.15, 0.2) is 42.5 Å². The molecule has 0 aromatic heterocycles. The quantitative estimate of drug-likeness (QED) is 0.807. The van der Waals surface area contributed by atoms with E-state index in [0.29, 0.717) is 22.7 Å². The number of hydrogen-bond acceptors (Lipinski definition) is 4. The standard InChI is InChI=1S/C14H12N2O2/c15-8-11-4-2-6-13(14(11)16)18-12-5-1-3-10(7-12)9-17/h1-7,17H,9,16H2. The molecule has 0 amide bonds. The van der Waals surface area contributed by atoms with Crippen molar-refractivity contribution in [2.75, 3.05) is 5.73 Å². The van der Waals surface area contributed by atoms with E-state index in [1.165, 1.54) is 0 Å². The second-order valence-electron chi connectivity index (χ2n) is 3.74. The van der Waals surface area contributed by atoms with Crippen molar-refractivity contribution >= 4 is 5.69 Å². The lowest BCUT2D eigenvalue weighted by molar-refractivity contribution is 0.281. The Balaban J connectivity index is 2.31. The molecule has 0 aliphatic rings. The van der Waals surface area contributed by atoms with E-state index in [1.54, 1.807) is 42.5 Å². The summed E-state index contributed by atoms with van der Waals surface area (Å²) in [6, 6.07) is 14.1. The summed E-state index contributed by atoms with van der Waals surface area (Å²) in [5, 5.41) is 17.9. The minimum Gasteiger partial charge on any atom is -0.455 e. The Morgan fingerprint density at radius 2 is 2.00 bits per heavy atom. The van der Waals surface area contributed by atoms with Crippen molar-refractivity contribution in [1.29, 1.82) is 5.26 Å². The van der Waals surface area contributed by atoms with Gasteiger partial charge in [0.05, 0.1) is 17.9 Å². The van der Waals surface area contributed by atoms with Crippen LogP contribution in [0.25, 0.3) is 0 Å². The molecule has 0 atom stereocenters. The monoisotopic (exact) mass is 240 g/mol. The second kappa shape index (κ2) is 5.21. The molecule has 2 aromatic carbocycles. The molecular weight excluding hydrogens is 228 g/mol. The first kappa shape index (κ1) is 12.0. The van der Waals surface area contributed by atoms with E-state index < -0.39 is 0 Å². The van der Waals surface area contributed by atoms with Crippen molar-refractivity contribution in [3.8, 4) is 17.6 Å². The molecule has 2 rings (SSSR count). The number of benzene rings is 2. The minimum atomic E-state index is -0.0507. The van der Waals surface area contributed by atoms with Crippen LogP contribution in [-0.2, 0) is 6.61 Å². The van der Waals surface area contributed by atoms with Gasteiger partial charge in [-0.05, 0) is 29.8 Å². The summed E-state index contributed by atoms with van der Waals surface area (Å²) in [7, 11) is 0. The number of nitrogen functional groups attached to an aromatic ring is 1. The van der Waals surface area contributed by atoms with Crippen LogP contribution in [-0.4, -0.2) is 5.11 Å². The topological polar surface area (TPSA) is 79.3 Å². The average Bonchev–Trinajstić information content (AvgIpc) is 2.41. The number of hydrogen-bond donors (Lipinski definition) is 2. The number of nitrogens with zero attached hydrogens (tertiary/aromatic N) is 1. The molecule has 0 radical (unpaired) electrons. The van der Waals surface area contributed by atoms with Crippen LogP contribution >= 0.6 is 0 Å². The average molecular weight is 240 g/mol.